The molecule has 2 rings (SSSR count). The summed E-state index contributed by atoms with van der Waals surface area (Å²) in [6, 6.07) is 13.2. The topological polar surface area (TPSA) is 72.6 Å². The molecule has 0 heterocycles. The summed E-state index contributed by atoms with van der Waals surface area (Å²) in [5, 5.41) is 20.9. The summed E-state index contributed by atoms with van der Waals surface area (Å²) in [5.74, 6) is 0.265. The molecule has 0 aliphatic carbocycles. The number of hydrogen-bond acceptors (Lipinski definition) is 4. The van der Waals surface area contributed by atoms with E-state index in [0.717, 1.165) is 0 Å². The number of nitrogens with zero attached hydrogens (tertiary/aromatic N) is 1. The van der Waals surface area contributed by atoms with Gasteiger partial charge in [0.05, 0.1) is 17.6 Å². The Bertz CT molecular complexity index is 650. The van der Waals surface area contributed by atoms with E-state index in [2.05, 4.69) is 0 Å². The van der Waals surface area contributed by atoms with Crippen LogP contribution in [-0.4, -0.2) is 17.1 Å². The smallest absolute Gasteiger partial charge is 0.277 e. The highest BCUT2D eigenvalue weighted by molar-refractivity contribution is 5.77. The van der Waals surface area contributed by atoms with Gasteiger partial charge in [-0.2, -0.15) is 0 Å². The van der Waals surface area contributed by atoms with Crippen molar-refractivity contribution in [3.05, 3.63) is 69.8 Å². The van der Waals surface area contributed by atoms with E-state index in [-0.39, 0.29) is 11.4 Å². The van der Waals surface area contributed by atoms with Crippen molar-refractivity contribution in [1.82, 2.24) is 0 Å². The maximum atomic E-state index is 11.2. The standard InChI is InChI=1S/C15H13NO4/c1-20-15-8-7-11(10-14(15)17)9-13(16(18)19)12-5-3-2-4-6-12/h2-10,17H,1H3. The molecule has 5 nitrogen and oxygen atoms in total. The zero-order chi connectivity index (χ0) is 14.5. The lowest BCUT2D eigenvalue weighted by molar-refractivity contribution is -0.374. The van der Waals surface area contributed by atoms with E-state index in [4.69, 9.17) is 4.74 Å². The highest BCUT2D eigenvalue weighted by Crippen LogP contribution is 2.28. The molecule has 0 saturated heterocycles. The number of methoxy groups -OCH3 is 1. The zero-order valence-electron chi connectivity index (χ0n) is 10.8. The van der Waals surface area contributed by atoms with Gasteiger partial charge in [-0.05, 0) is 29.8 Å². The van der Waals surface area contributed by atoms with Gasteiger partial charge in [0.15, 0.2) is 11.5 Å². The largest absolute Gasteiger partial charge is 0.504 e. The van der Waals surface area contributed by atoms with Crippen molar-refractivity contribution >= 4 is 11.8 Å². The molecule has 0 aliphatic rings. The molecule has 0 fully saturated rings. The van der Waals surface area contributed by atoms with E-state index in [1.54, 1.807) is 42.5 Å². The SMILES string of the molecule is COc1ccc(C=C(c2ccccc2)[N+](=O)[O-])cc1O. The fourth-order valence-electron chi connectivity index (χ4n) is 1.81. The summed E-state index contributed by atoms with van der Waals surface area (Å²) in [6.45, 7) is 0. The van der Waals surface area contributed by atoms with Crippen molar-refractivity contribution < 1.29 is 14.8 Å². The van der Waals surface area contributed by atoms with E-state index in [9.17, 15) is 15.2 Å². The lowest BCUT2D eigenvalue weighted by Crippen LogP contribution is -1.97. The second kappa shape index (κ2) is 5.88. The Morgan fingerprint density at radius 1 is 1.25 bits per heavy atom. The van der Waals surface area contributed by atoms with Gasteiger partial charge in [0.25, 0.3) is 5.70 Å². The summed E-state index contributed by atoms with van der Waals surface area (Å²) in [5.41, 5.74) is 1.00. The third-order valence-corrected chi connectivity index (χ3v) is 2.77. The van der Waals surface area contributed by atoms with Gasteiger partial charge in [-0.1, -0.05) is 24.3 Å². The Morgan fingerprint density at radius 2 is 1.95 bits per heavy atom. The fraction of sp³-hybridized carbons (Fsp3) is 0.0667. The van der Waals surface area contributed by atoms with Crippen molar-refractivity contribution in [3.63, 3.8) is 0 Å². The van der Waals surface area contributed by atoms with Crippen LogP contribution in [0.3, 0.4) is 0 Å². The van der Waals surface area contributed by atoms with Gasteiger partial charge in [0.1, 0.15) is 0 Å². The number of aromatic hydroxyl groups is 1. The number of hydrogen-bond donors (Lipinski definition) is 1. The van der Waals surface area contributed by atoms with Gasteiger partial charge in [-0.25, -0.2) is 0 Å². The molecular weight excluding hydrogens is 258 g/mol. The van der Waals surface area contributed by atoms with Gasteiger partial charge in [-0.3, -0.25) is 10.1 Å². The van der Waals surface area contributed by atoms with Gasteiger partial charge >= 0.3 is 0 Å². The highest BCUT2D eigenvalue weighted by atomic mass is 16.6. The molecule has 0 atom stereocenters. The third kappa shape index (κ3) is 2.95. The molecule has 5 heteroatoms. The number of benzene rings is 2. The van der Waals surface area contributed by atoms with Gasteiger partial charge < -0.3 is 9.84 Å². The number of ether oxygens (including phenoxy) is 1. The molecule has 0 spiro atoms. The minimum absolute atomic E-state index is 0.0323. The second-order valence-electron chi connectivity index (χ2n) is 4.08. The molecule has 0 bridgehead atoms. The van der Waals surface area contributed by atoms with E-state index in [1.165, 1.54) is 19.3 Å². The molecule has 0 radical (unpaired) electrons. The summed E-state index contributed by atoms with van der Waals surface area (Å²) in [7, 11) is 1.44. The summed E-state index contributed by atoms with van der Waals surface area (Å²) in [4.78, 5) is 10.7. The van der Waals surface area contributed by atoms with Crippen molar-refractivity contribution in [2.24, 2.45) is 0 Å². The second-order valence-corrected chi connectivity index (χ2v) is 4.08. The molecule has 0 aliphatic heterocycles. The first-order valence-electron chi connectivity index (χ1n) is 5.90. The maximum Gasteiger partial charge on any atom is 0.277 e. The van der Waals surface area contributed by atoms with Crippen molar-refractivity contribution in [2.45, 2.75) is 0 Å². The molecule has 102 valence electrons. The summed E-state index contributed by atoms with van der Waals surface area (Å²) < 4.78 is 4.93. The molecule has 0 aromatic heterocycles. The Hall–Kier alpha value is -2.82. The highest BCUT2D eigenvalue weighted by Gasteiger charge is 2.14. The van der Waals surface area contributed by atoms with Crippen LogP contribution in [0.1, 0.15) is 11.1 Å². The van der Waals surface area contributed by atoms with Crippen LogP contribution in [0.2, 0.25) is 0 Å². The quantitative estimate of drug-likeness (QED) is 0.526. The van der Waals surface area contributed by atoms with Crippen LogP contribution in [0.4, 0.5) is 0 Å². The van der Waals surface area contributed by atoms with Crippen molar-refractivity contribution in [3.8, 4) is 11.5 Å². The van der Waals surface area contributed by atoms with Crippen LogP contribution in [-0.2, 0) is 0 Å². The molecule has 0 amide bonds. The summed E-state index contributed by atoms with van der Waals surface area (Å²) in [6.07, 6.45) is 1.41. The lowest BCUT2D eigenvalue weighted by atomic mass is 10.1. The Morgan fingerprint density at radius 3 is 2.50 bits per heavy atom. The van der Waals surface area contributed by atoms with Gasteiger partial charge in [0.2, 0.25) is 0 Å². The van der Waals surface area contributed by atoms with Crippen molar-refractivity contribution in [2.75, 3.05) is 7.11 Å². The van der Waals surface area contributed by atoms with Crippen LogP contribution in [0.25, 0.3) is 11.8 Å². The van der Waals surface area contributed by atoms with Crippen LogP contribution in [0, 0.1) is 10.1 Å². The summed E-state index contributed by atoms with van der Waals surface area (Å²) >= 11 is 0. The van der Waals surface area contributed by atoms with Crippen LogP contribution in [0.5, 0.6) is 11.5 Å². The van der Waals surface area contributed by atoms with E-state index < -0.39 is 4.92 Å². The molecule has 0 unspecified atom stereocenters. The monoisotopic (exact) mass is 271 g/mol. The van der Waals surface area contributed by atoms with E-state index in [1.807, 2.05) is 0 Å². The minimum Gasteiger partial charge on any atom is -0.504 e. The molecule has 1 N–H and O–H groups in total. The molecular formula is C15H13NO4. The molecule has 2 aromatic rings. The Balaban J connectivity index is 2.45. The first kappa shape index (κ1) is 13.6. The lowest BCUT2D eigenvalue weighted by Gasteiger charge is -2.04. The normalized spacial score (nSPS) is 11.2. The predicted molar refractivity (Wildman–Crippen MR) is 76.0 cm³/mol. The average Bonchev–Trinajstić information content (AvgIpc) is 2.45. The Kier molecular flexibility index (Phi) is 4.00. The van der Waals surface area contributed by atoms with Crippen LogP contribution < -0.4 is 4.74 Å². The van der Waals surface area contributed by atoms with E-state index in [0.29, 0.717) is 16.9 Å². The average molecular weight is 271 g/mol. The zero-order valence-corrected chi connectivity index (χ0v) is 10.8. The number of phenolic OH excluding ortho intramolecular Hbond substituents is 1. The number of rotatable bonds is 4. The van der Waals surface area contributed by atoms with Crippen molar-refractivity contribution in [1.29, 1.82) is 0 Å². The molecule has 2 aromatic carbocycles. The minimum atomic E-state index is -0.448. The van der Waals surface area contributed by atoms with Crippen LogP contribution >= 0.6 is 0 Å². The number of phenols is 1. The molecule has 0 saturated carbocycles. The molecule has 20 heavy (non-hydrogen) atoms. The number of nitro groups is 1. The first-order chi connectivity index (χ1) is 9.61. The maximum absolute atomic E-state index is 11.2. The van der Waals surface area contributed by atoms with Crippen LogP contribution in [0.15, 0.2) is 48.5 Å². The van der Waals surface area contributed by atoms with E-state index >= 15 is 0 Å². The predicted octanol–water partition coefficient (Wildman–Crippen LogP) is 3.18. The van der Waals surface area contributed by atoms with Gasteiger partial charge in [-0.15, -0.1) is 0 Å². The Labute approximate surface area is 115 Å². The fourth-order valence-corrected chi connectivity index (χ4v) is 1.81. The third-order valence-electron chi connectivity index (χ3n) is 2.77. The first-order valence-corrected chi connectivity index (χ1v) is 5.90. The van der Waals surface area contributed by atoms with Gasteiger partial charge in [0, 0.05) is 6.08 Å².